The van der Waals surface area contributed by atoms with Gasteiger partial charge in [0, 0.05) is 12.0 Å². The van der Waals surface area contributed by atoms with Gasteiger partial charge in [0.25, 0.3) is 0 Å². The molecule has 0 amide bonds. The number of hydrogen-bond donors (Lipinski definition) is 1. The Balaban J connectivity index is 3.20. The topological polar surface area (TPSA) is 33.1 Å². The van der Waals surface area contributed by atoms with Gasteiger partial charge in [0.15, 0.2) is 23.3 Å². The molecule has 1 aromatic carbocycles. The molecule has 0 bridgehead atoms. The first-order chi connectivity index (χ1) is 7.90. The fourth-order valence-corrected chi connectivity index (χ4v) is 1.38. The van der Waals surface area contributed by atoms with Gasteiger partial charge in [0.05, 0.1) is 0 Å². The molecule has 1 rings (SSSR count). The number of benzene rings is 1. The lowest BCUT2D eigenvalue weighted by molar-refractivity contribution is 0.403. The maximum absolute atomic E-state index is 13.5. The fourth-order valence-electron chi connectivity index (χ4n) is 1.38. The second kappa shape index (κ2) is 5.21. The molecule has 0 fully saturated rings. The molecule has 1 N–H and O–H groups in total. The van der Waals surface area contributed by atoms with Gasteiger partial charge < -0.3 is 4.74 Å². The maximum atomic E-state index is 13.5. The Morgan fingerprint density at radius 1 is 1.06 bits per heavy atom. The molecule has 0 aliphatic heterocycles. The van der Waals surface area contributed by atoms with Crippen LogP contribution in [0.3, 0.4) is 0 Å². The Bertz CT molecular complexity index is 429. The van der Waals surface area contributed by atoms with Crippen LogP contribution >= 0.6 is 0 Å². The first-order valence-corrected chi connectivity index (χ1v) is 5.29. The van der Waals surface area contributed by atoms with E-state index in [0.717, 1.165) is 0 Å². The minimum Gasteiger partial charge on any atom is -0.440 e. The summed E-state index contributed by atoms with van der Waals surface area (Å²) < 4.78 is 44.8. The van der Waals surface area contributed by atoms with E-state index < -0.39 is 23.2 Å². The average Bonchev–Trinajstić information content (AvgIpc) is 2.30. The number of nitrogens with one attached hydrogen (secondary N) is 1. The Labute approximate surface area is 97.9 Å². The predicted molar refractivity (Wildman–Crippen MR) is 59.1 cm³/mol. The van der Waals surface area contributed by atoms with Crippen molar-refractivity contribution in [3.05, 3.63) is 28.6 Å². The third kappa shape index (κ3) is 2.60. The van der Waals surface area contributed by atoms with Gasteiger partial charge in [0.1, 0.15) is 0 Å². The SMILES string of the molecule is CCCC(=N)Oc1c(C)c(C)c(F)c(F)c1F. The van der Waals surface area contributed by atoms with Gasteiger partial charge in [-0.3, -0.25) is 5.41 Å². The van der Waals surface area contributed by atoms with Gasteiger partial charge in [-0.25, -0.2) is 8.78 Å². The van der Waals surface area contributed by atoms with E-state index in [1.807, 2.05) is 6.92 Å². The minimum atomic E-state index is -1.56. The van der Waals surface area contributed by atoms with E-state index in [4.69, 9.17) is 10.1 Å². The highest BCUT2D eigenvalue weighted by Crippen LogP contribution is 2.30. The standard InChI is InChI=1S/C12H14F3NO/c1-4-5-8(16)17-12-7(3)6(2)9(13)10(14)11(12)15/h16H,4-5H2,1-3H3. The van der Waals surface area contributed by atoms with Gasteiger partial charge in [-0.05, 0) is 25.8 Å². The Morgan fingerprint density at radius 2 is 1.65 bits per heavy atom. The molecule has 0 saturated heterocycles. The van der Waals surface area contributed by atoms with E-state index in [1.54, 1.807) is 0 Å². The molecule has 5 heteroatoms. The lowest BCUT2D eigenvalue weighted by Gasteiger charge is -2.13. The van der Waals surface area contributed by atoms with Gasteiger partial charge in [-0.1, -0.05) is 6.92 Å². The summed E-state index contributed by atoms with van der Waals surface area (Å²) in [5.41, 5.74) is 0.158. The molecule has 0 aliphatic rings. The van der Waals surface area contributed by atoms with E-state index in [-0.39, 0.29) is 17.0 Å². The van der Waals surface area contributed by atoms with Crippen LogP contribution in [0, 0.1) is 36.7 Å². The summed E-state index contributed by atoms with van der Waals surface area (Å²) in [6.07, 6.45) is 0.971. The first-order valence-electron chi connectivity index (χ1n) is 5.29. The Hall–Kier alpha value is -1.52. The van der Waals surface area contributed by atoms with E-state index in [0.29, 0.717) is 12.8 Å². The van der Waals surface area contributed by atoms with E-state index in [2.05, 4.69) is 0 Å². The Kier molecular flexibility index (Phi) is 4.15. The van der Waals surface area contributed by atoms with Crippen molar-refractivity contribution in [1.29, 1.82) is 5.41 Å². The molecule has 0 atom stereocenters. The molecule has 0 unspecified atom stereocenters. The predicted octanol–water partition coefficient (Wildman–Crippen LogP) is 3.88. The molecule has 0 saturated carbocycles. The molecule has 0 spiro atoms. The zero-order chi connectivity index (χ0) is 13.2. The zero-order valence-corrected chi connectivity index (χ0v) is 9.96. The third-order valence-electron chi connectivity index (χ3n) is 2.52. The summed E-state index contributed by atoms with van der Waals surface area (Å²) in [7, 11) is 0. The van der Waals surface area contributed by atoms with Crippen molar-refractivity contribution >= 4 is 5.90 Å². The highest BCUT2D eigenvalue weighted by Gasteiger charge is 2.22. The lowest BCUT2D eigenvalue weighted by Crippen LogP contribution is -2.11. The zero-order valence-electron chi connectivity index (χ0n) is 9.96. The number of rotatable bonds is 3. The van der Waals surface area contributed by atoms with Crippen LogP contribution in [0.25, 0.3) is 0 Å². The minimum absolute atomic E-state index is 0.0109. The first kappa shape index (κ1) is 13.5. The molecule has 0 aromatic heterocycles. The quantitative estimate of drug-likeness (QED) is 0.489. The summed E-state index contributed by atoms with van der Waals surface area (Å²) >= 11 is 0. The average molecular weight is 245 g/mol. The summed E-state index contributed by atoms with van der Waals surface area (Å²) in [6, 6.07) is 0. The molecular formula is C12H14F3NO. The van der Waals surface area contributed by atoms with Crippen LogP contribution in [-0.4, -0.2) is 5.90 Å². The molecule has 0 radical (unpaired) electrons. The third-order valence-corrected chi connectivity index (χ3v) is 2.52. The van der Waals surface area contributed by atoms with Crippen molar-refractivity contribution in [1.82, 2.24) is 0 Å². The highest BCUT2D eigenvalue weighted by molar-refractivity contribution is 5.75. The van der Waals surface area contributed by atoms with Crippen molar-refractivity contribution in [3.8, 4) is 5.75 Å². The second-order valence-electron chi connectivity index (χ2n) is 3.80. The normalized spacial score (nSPS) is 10.5. The number of hydrogen-bond acceptors (Lipinski definition) is 2. The summed E-state index contributed by atoms with van der Waals surface area (Å²) in [6.45, 7) is 4.59. The summed E-state index contributed by atoms with van der Waals surface area (Å²) in [5.74, 6) is -4.73. The van der Waals surface area contributed by atoms with Crippen LogP contribution in [0.15, 0.2) is 0 Å². The van der Waals surface area contributed by atoms with Gasteiger partial charge in [-0.2, -0.15) is 4.39 Å². The van der Waals surface area contributed by atoms with Crippen LogP contribution in [0.4, 0.5) is 13.2 Å². The maximum Gasteiger partial charge on any atom is 0.204 e. The van der Waals surface area contributed by atoms with Gasteiger partial charge >= 0.3 is 0 Å². The molecule has 1 aromatic rings. The summed E-state index contributed by atoms with van der Waals surface area (Å²) in [5, 5.41) is 7.41. The smallest absolute Gasteiger partial charge is 0.204 e. The summed E-state index contributed by atoms with van der Waals surface area (Å²) in [4.78, 5) is 0. The molecular weight excluding hydrogens is 231 g/mol. The molecule has 2 nitrogen and oxygen atoms in total. The monoisotopic (exact) mass is 245 g/mol. The molecule has 17 heavy (non-hydrogen) atoms. The van der Waals surface area contributed by atoms with Crippen LogP contribution in [-0.2, 0) is 0 Å². The lowest BCUT2D eigenvalue weighted by atomic mass is 10.1. The Morgan fingerprint density at radius 3 is 2.18 bits per heavy atom. The van der Waals surface area contributed by atoms with Crippen molar-refractivity contribution < 1.29 is 17.9 Å². The highest BCUT2D eigenvalue weighted by atomic mass is 19.2. The van der Waals surface area contributed by atoms with Crippen molar-refractivity contribution in [2.75, 3.05) is 0 Å². The second-order valence-corrected chi connectivity index (χ2v) is 3.80. The van der Waals surface area contributed by atoms with Crippen LogP contribution in [0.1, 0.15) is 30.9 Å². The van der Waals surface area contributed by atoms with E-state index in [9.17, 15) is 13.2 Å². The van der Waals surface area contributed by atoms with E-state index in [1.165, 1.54) is 13.8 Å². The van der Waals surface area contributed by atoms with Gasteiger partial charge in [-0.15, -0.1) is 0 Å². The van der Waals surface area contributed by atoms with Gasteiger partial charge in [0.2, 0.25) is 5.82 Å². The molecule has 0 heterocycles. The fraction of sp³-hybridized carbons (Fsp3) is 0.417. The van der Waals surface area contributed by atoms with Crippen molar-refractivity contribution in [2.24, 2.45) is 0 Å². The molecule has 94 valence electrons. The number of ether oxygens (including phenoxy) is 1. The van der Waals surface area contributed by atoms with Crippen LogP contribution < -0.4 is 4.74 Å². The van der Waals surface area contributed by atoms with Crippen molar-refractivity contribution in [2.45, 2.75) is 33.6 Å². The van der Waals surface area contributed by atoms with Crippen molar-refractivity contribution in [3.63, 3.8) is 0 Å². The largest absolute Gasteiger partial charge is 0.440 e. The van der Waals surface area contributed by atoms with Crippen LogP contribution in [0.5, 0.6) is 5.75 Å². The van der Waals surface area contributed by atoms with E-state index >= 15 is 0 Å². The molecule has 0 aliphatic carbocycles. The van der Waals surface area contributed by atoms with Crippen LogP contribution in [0.2, 0.25) is 0 Å². The number of halogens is 3.